The molecule has 0 spiro atoms. The summed E-state index contributed by atoms with van der Waals surface area (Å²) in [7, 11) is 1.40. The predicted octanol–water partition coefficient (Wildman–Crippen LogP) is 5.08. The lowest BCUT2D eigenvalue weighted by molar-refractivity contribution is -0.151. The zero-order valence-electron chi connectivity index (χ0n) is 15.6. The molecule has 26 heavy (non-hydrogen) atoms. The van der Waals surface area contributed by atoms with Crippen LogP contribution in [-0.2, 0) is 14.3 Å². The number of allylic oxidation sites excluding steroid dienone is 3. The number of furan rings is 1. The van der Waals surface area contributed by atoms with Crippen LogP contribution in [0.15, 0.2) is 37.9 Å². The standard InChI is InChI=1S/C21H23BrO4/c1-11-5-6-13-17-16(15(23)10-21(13,3)19(24)25-4)12(9-20(11,17)2)18-14(22)7-8-26-18/h7-8,11H,5-6,9-10H2,1-4H3/t11-,20+,21+/m1/s1. The highest BCUT2D eigenvalue weighted by molar-refractivity contribution is 9.10. The quantitative estimate of drug-likeness (QED) is 0.627. The van der Waals surface area contributed by atoms with Gasteiger partial charge in [-0.2, -0.15) is 0 Å². The van der Waals surface area contributed by atoms with Crippen LogP contribution < -0.4 is 0 Å². The molecule has 1 aromatic heterocycles. The Morgan fingerprint density at radius 1 is 1.35 bits per heavy atom. The van der Waals surface area contributed by atoms with Gasteiger partial charge in [0.15, 0.2) is 5.78 Å². The largest absolute Gasteiger partial charge is 0.468 e. The Kier molecular flexibility index (Phi) is 3.89. The minimum absolute atomic E-state index is 0.0211. The molecule has 5 heteroatoms. The molecule has 0 aliphatic heterocycles. The molecule has 1 aromatic rings. The lowest BCUT2D eigenvalue weighted by Crippen LogP contribution is -2.43. The Bertz CT molecular complexity index is 890. The number of ketones is 1. The van der Waals surface area contributed by atoms with Crippen LogP contribution in [0.2, 0.25) is 0 Å². The zero-order valence-corrected chi connectivity index (χ0v) is 17.2. The van der Waals surface area contributed by atoms with Gasteiger partial charge in [-0.1, -0.05) is 13.8 Å². The molecule has 138 valence electrons. The fourth-order valence-corrected chi connectivity index (χ4v) is 5.64. The summed E-state index contributed by atoms with van der Waals surface area (Å²) in [5.41, 5.74) is 2.92. The lowest BCUT2D eigenvalue weighted by atomic mass is 9.57. The van der Waals surface area contributed by atoms with Gasteiger partial charge in [0.2, 0.25) is 0 Å². The van der Waals surface area contributed by atoms with E-state index >= 15 is 0 Å². The second-order valence-electron chi connectivity index (χ2n) is 8.26. The number of esters is 1. The third-order valence-electron chi connectivity index (χ3n) is 6.87. The van der Waals surface area contributed by atoms with Crippen molar-refractivity contribution in [1.82, 2.24) is 0 Å². The van der Waals surface area contributed by atoms with Crippen LogP contribution in [0.1, 0.15) is 52.2 Å². The Morgan fingerprint density at radius 2 is 2.08 bits per heavy atom. The molecule has 0 aromatic carbocycles. The molecule has 1 heterocycles. The molecule has 0 amide bonds. The first kappa shape index (κ1) is 17.8. The van der Waals surface area contributed by atoms with Gasteiger partial charge in [-0.25, -0.2) is 0 Å². The third kappa shape index (κ3) is 2.13. The number of hydrogen-bond donors (Lipinski definition) is 0. The number of carbonyl (C=O) groups excluding carboxylic acids is 2. The first-order valence-electron chi connectivity index (χ1n) is 9.06. The van der Waals surface area contributed by atoms with Crippen LogP contribution in [0, 0.1) is 16.7 Å². The van der Waals surface area contributed by atoms with E-state index in [4.69, 9.17) is 9.15 Å². The topological polar surface area (TPSA) is 56.5 Å². The van der Waals surface area contributed by atoms with Crippen molar-refractivity contribution < 1.29 is 18.7 Å². The maximum atomic E-state index is 13.3. The Hall–Kier alpha value is -1.62. The van der Waals surface area contributed by atoms with Crippen LogP contribution >= 0.6 is 15.9 Å². The smallest absolute Gasteiger partial charge is 0.316 e. The normalized spacial score (nSPS) is 33.6. The van der Waals surface area contributed by atoms with E-state index in [2.05, 4.69) is 29.8 Å². The van der Waals surface area contributed by atoms with Crippen molar-refractivity contribution in [1.29, 1.82) is 0 Å². The summed E-state index contributed by atoms with van der Waals surface area (Å²) < 4.78 is 11.7. The highest BCUT2D eigenvalue weighted by Gasteiger charge is 2.57. The summed E-state index contributed by atoms with van der Waals surface area (Å²) in [6, 6.07) is 1.86. The predicted molar refractivity (Wildman–Crippen MR) is 101 cm³/mol. The molecular formula is C21H23BrO4. The number of halogens is 1. The number of methoxy groups -OCH3 is 1. The zero-order chi connectivity index (χ0) is 18.9. The average Bonchev–Trinajstić information content (AvgIpc) is 3.15. The average molecular weight is 419 g/mol. The molecular weight excluding hydrogens is 396 g/mol. The number of carbonyl (C=O) groups is 2. The molecule has 4 rings (SSSR count). The summed E-state index contributed by atoms with van der Waals surface area (Å²) >= 11 is 3.55. The molecule has 3 aliphatic carbocycles. The van der Waals surface area contributed by atoms with E-state index in [9.17, 15) is 9.59 Å². The Morgan fingerprint density at radius 3 is 2.69 bits per heavy atom. The van der Waals surface area contributed by atoms with Crippen molar-refractivity contribution in [3.05, 3.63) is 39.3 Å². The van der Waals surface area contributed by atoms with E-state index in [0.29, 0.717) is 5.92 Å². The van der Waals surface area contributed by atoms with Gasteiger partial charge in [-0.05, 0) is 70.7 Å². The Balaban J connectivity index is 2.03. The van der Waals surface area contributed by atoms with Crippen molar-refractivity contribution >= 4 is 33.3 Å². The third-order valence-corrected chi connectivity index (χ3v) is 7.49. The maximum absolute atomic E-state index is 13.3. The van der Waals surface area contributed by atoms with Crippen molar-refractivity contribution in [3.8, 4) is 0 Å². The van der Waals surface area contributed by atoms with Crippen molar-refractivity contribution in [2.75, 3.05) is 7.11 Å². The van der Waals surface area contributed by atoms with E-state index in [1.807, 2.05) is 13.0 Å². The van der Waals surface area contributed by atoms with Gasteiger partial charge in [0.05, 0.1) is 23.3 Å². The van der Waals surface area contributed by atoms with Crippen molar-refractivity contribution in [2.45, 2.75) is 46.5 Å². The first-order valence-corrected chi connectivity index (χ1v) is 9.86. The van der Waals surface area contributed by atoms with Gasteiger partial charge < -0.3 is 9.15 Å². The molecule has 0 unspecified atom stereocenters. The number of Topliss-reactive ketones (excluding diaryl/α,β-unsaturated/α-hetero) is 1. The maximum Gasteiger partial charge on any atom is 0.316 e. The molecule has 0 radical (unpaired) electrons. The van der Waals surface area contributed by atoms with E-state index in [1.54, 1.807) is 6.26 Å². The van der Waals surface area contributed by atoms with Crippen LogP contribution in [0.3, 0.4) is 0 Å². The van der Waals surface area contributed by atoms with Gasteiger partial charge in [0.1, 0.15) is 5.76 Å². The molecule has 0 N–H and O–H groups in total. The highest BCUT2D eigenvalue weighted by Crippen LogP contribution is 2.64. The number of rotatable bonds is 2. The van der Waals surface area contributed by atoms with Crippen molar-refractivity contribution in [2.24, 2.45) is 16.7 Å². The van der Waals surface area contributed by atoms with E-state index in [-0.39, 0.29) is 23.6 Å². The second kappa shape index (κ2) is 5.69. The molecule has 0 bridgehead atoms. The summed E-state index contributed by atoms with van der Waals surface area (Å²) in [6.07, 6.45) is 4.41. The summed E-state index contributed by atoms with van der Waals surface area (Å²) in [4.78, 5) is 25.9. The highest BCUT2D eigenvalue weighted by atomic mass is 79.9. The SMILES string of the molecule is COC(=O)[C@@]1(C)CC(=O)C2=C(c3occc3Br)C[C@]3(C)C2=C1CC[C@H]3C. The minimum Gasteiger partial charge on any atom is -0.468 e. The molecule has 3 atom stereocenters. The molecule has 0 saturated carbocycles. The molecule has 3 aliphatic rings. The second-order valence-corrected chi connectivity index (χ2v) is 9.12. The van der Waals surface area contributed by atoms with Gasteiger partial charge in [-0.3, -0.25) is 9.59 Å². The van der Waals surface area contributed by atoms with Gasteiger partial charge in [0, 0.05) is 17.6 Å². The number of hydrogen-bond acceptors (Lipinski definition) is 4. The van der Waals surface area contributed by atoms with E-state index in [1.165, 1.54) is 7.11 Å². The minimum atomic E-state index is -0.859. The monoisotopic (exact) mass is 418 g/mol. The fourth-order valence-electron chi connectivity index (χ4n) is 5.20. The molecule has 0 saturated heterocycles. The van der Waals surface area contributed by atoms with Crippen LogP contribution in [0.4, 0.5) is 0 Å². The van der Waals surface area contributed by atoms with Gasteiger partial charge in [-0.15, -0.1) is 0 Å². The fraction of sp³-hybridized carbons (Fsp3) is 0.524. The lowest BCUT2D eigenvalue weighted by Gasteiger charge is -2.46. The van der Waals surface area contributed by atoms with E-state index in [0.717, 1.165) is 51.8 Å². The summed E-state index contributed by atoms with van der Waals surface area (Å²) in [5.74, 6) is 0.879. The number of ether oxygens (including phenoxy) is 1. The first-order chi connectivity index (χ1) is 12.2. The van der Waals surface area contributed by atoms with Gasteiger partial charge >= 0.3 is 5.97 Å². The summed E-state index contributed by atoms with van der Waals surface area (Å²) in [6.45, 7) is 6.34. The van der Waals surface area contributed by atoms with E-state index < -0.39 is 5.41 Å². The molecule has 0 fully saturated rings. The molecule has 4 nitrogen and oxygen atoms in total. The van der Waals surface area contributed by atoms with Crippen molar-refractivity contribution in [3.63, 3.8) is 0 Å². The van der Waals surface area contributed by atoms with Crippen LogP contribution in [0.25, 0.3) is 5.57 Å². The summed E-state index contributed by atoms with van der Waals surface area (Å²) in [5, 5.41) is 0. The van der Waals surface area contributed by atoms with Crippen LogP contribution in [0.5, 0.6) is 0 Å². The Labute approximate surface area is 161 Å². The van der Waals surface area contributed by atoms with Gasteiger partial charge in [0.25, 0.3) is 0 Å². The van der Waals surface area contributed by atoms with Crippen LogP contribution in [-0.4, -0.2) is 18.9 Å².